The lowest BCUT2D eigenvalue weighted by Gasteiger charge is -2.31. The van der Waals surface area contributed by atoms with E-state index in [1.165, 1.54) is 5.56 Å². The molecule has 1 atom stereocenters. The fourth-order valence-electron chi connectivity index (χ4n) is 3.84. The summed E-state index contributed by atoms with van der Waals surface area (Å²) in [6.45, 7) is 6.86. The number of rotatable bonds is 10. The Morgan fingerprint density at radius 1 is 1.00 bits per heavy atom. The van der Waals surface area contributed by atoms with Crippen LogP contribution in [0.5, 0.6) is 0 Å². The third-order valence-corrected chi connectivity index (χ3v) is 5.48. The van der Waals surface area contributed by atoms with Gasteiger partial charge in [0, 0.05) is 25.9 Å². The number of aliphatic carboxylic acids is 1. The minimum atomic E-state index is -0.747. The quantitative estimate of drug-likeness (QED) is 0.522. The van der Waals surface area contributed by atoms with Gasteiger partial charge in [-0.1, -0.05) is 30.7 Å². The summed E-state index contributed by atoms with van der Waals surface area (Å²) in [6, 6.07) is 7.43. The van der Waals surface area contributed by atoms with Gasteiger partial charge in [0.05, 0.1) is 0 Å². The van der Waals surface area contributed by atoms with Crippen molar-refractivity contribution in [1.29, 1.82) is 0 Å². The van der Waals surface area contributed by atoms with Crippen molar-refractivity contribution < 1.29 is 24.2 Å². The van der Waals surface area contributed by atoms with Crippen molar-refractivity contribution in [2.45, 2.75) is 90.2 Å². The van der Waals surface area contributed by atoms with Gasteiger partial charge in [-0.15, -0.1) is 0 Å². The van der Waals surface area contributed by atoms with Gasteiger partial charge in [0.2, 0.25) is 5.91 Å². The van der Waals surface area contributed by atoms with Crippen LogP contribution in [0.25, 0.3) is 0 Å². The Labute approximate surface area is 191 Å². The van der Waals surface area contributed by atoms with Crippen molar-refractivity contribution in [2.24, 2.45) is 0 Å². The molecule has 0 aromatic heterocycles. The number of unbranched alkanes of at least 4 members (excludes halogenated alkanes) is 2. The smallest absolute Gasteiger partial charge is 0.408 e. The number of alkyl carbamates (subject to hydrolysis) is 1. The highest BCUT2D eigenvalue weighted by atomic mass is 16.6. The van der Waals surface area contributed by atoms with Crippen LogP contribution in [0, 0.1) is 0 Å². The van der Waals surface area contributed by atoms with E-state index in [4.69, 9.17) is 9.84 Å². The monoisotopic (exact) mass is 446 g/mol. The number of hydrogen-bond acceptors (Lipinski definition) is 4. The summed E-state index contributed by atoms with van der Waals surface area (Å²) in [5, 5.41) is 11.5. The number of piperidine rings is 1. The maximum atomic E-state index is 13.1. The van der Waals surface area contributed by atoms with Crippen molar-refractivity contribution in [3.8, 4) is 0 Å². The van der Waals surface area contributed by atoms with Crippen LogP contribution in [0.2, 0.25) is 0 Å². The summed E-state index contributed by atoms with van der Waals surface area (Å²) in [7, 11) is 0. The predicted molar refractivity (Wildman–Crippen MR) is 124 cm³/mol. The van der Waals surface area contributed by atoms with Crippen LogP contribution < -0.4 is 5.32 Å². The van der Waals surface area contributed by atoms with Crippen LogP contribution in [-0.2, 0) is 27.2 Å². The van der Waals surface area contributed by atoms with Crippen LogP contribution in [-0.4, -0.2) is 52.7 Å². The molecular weight excluding hydrogens is 408 g/mol. The van der Waals surface area contributed by atoms with Crippen molar-refractivity contribution in [1.82, 2.24) is 10.2 Å². The molecule has 2 N–H and O–H groups in total. The Balaban J connectivity index is 1.97. The molecule has 0 aliphatic carbocycles. The second kappa shape index (κ2) is 12.5. The van der Waals surface area contributed by atoms with Gasteiger partial charge in [0.15, 0.2) is 0 Å². The molecule has 0 bridgehead atoms. The Bertz CT molecular complexity index is 749. The Morgan fingerprint density at radius 3 is 2.22 bits per heavy atom. The van der Waals surface area contributed by atoms with Crippen LogP contribution in [0.1, 0.15) is 76.8 Å². The normalized spacial score (nSPS) is 15.2. The van der Waals surface area contributed by atoms with E-state index in [9.17, 15) is 14.4 Å². The zero-order valence-electron chi connectivity index (χ0n) is 19.7. The van der Waals surface area contributed by atoms with Crippen molar-refractivity contribution >= 4 is 18.0 Å². The highest BCUT2D eigenvalue weighted by Crippen LogP contribution is 2.15. The SMILES string of the molecule is CC(C)(C)OC(=O)NC(Cc1ccc(CCCCCC(=O)O)cc1)C(=O)N1CCCCC1. The molecule has 1 aliphatic rings. The molecule has 1 unspecified atom stereocenters. The number of ether oxygens (including phenoxy) is 1. The molecular formula is C25H38N2O5. The molecule has 2 rings (SSSR count). The number of carbonyl (C=O) groups is 3. The molecule has 7 heteroatoms. The molecule has 7 nitrogen and oxygen atoms in total. The summed E-state index contributed by atoms with van der Waals surface area (Å²) >= 11 is 0. The first-order valence-corrected chi connectivity index (χ1v) is 11.7. The van der Waals surface area contributed by atoms with Crippen LogP contribution in [0.3, 0.4) is 0 Å². The molecule has 1 aliphatic heterocycles. The van der Waals surface area contributed by atoms with Crippen LogP contribution >= 0.6 is 0 Å². The maximum Gasteiger partial charge on any atom is 0.408 e. The number of nitrogens with zero attached hydrogens (tertiary/aromatic N) is 1. The molecule has 178 valence electrons. The first-order chi connectivity index (χ1) is 15.1. The number of aryl methyl sites for hydroxylation is 1. The molecule has 1 fully saturated rings. The average molecular weight is 447 g/mol. The molecule has 1 heterocycles. The highest BCUT2D eigenvalue weighted by Gasteiger charge is 2.29. The van der Waals surface area contributed by atoms with E-state index in [-0.39, 0.29) is 12.3 Å². The van der Waals surface area contributed by atoms with Gasteiger partial charge in [0.25, 0.3) is 0 Å². The van der Waals surface area contributed by atoms with E-state index in [0.717, 1.165) is 57.2 Å². The summed E-state index contributed by atoms with van der Waals surface area (Å²) < 4.78 is 5.38. The van der Waals surface area contributed by atoms with E-state index < -0.39 is 23.7 Å². The maximum absolute atomic E-state index is 13.1. The molecule has 32 heavy (non-hydrogen) atoms. The van der Waals surface area contributed by atoms with E-state index in [1.54, 1.807) is 20.8 Å². The largest absolute Gasteiger partial charge is 0.481 e. The van der Waals surface area contributed by atoms with Crippen molar-refractivity contribution in [3.63, 3.8) is 0 Å². The number of hydrogen-bond donors (Lipinski definition) is 2. The van der Waals surface area contributed by atoms with Gasteiger partial charge < -0.3 is 20.1 Å². The van der Waals surface area contributed by atoms with E-state index in [0.29, 0.717) is 12.8 Å². The minimum Gasteiger partial charge on any atom is -0.481 e. The topological polar surface area (TPSA) is 95.9 Å². The van der Waals surface area contributed by atoms with Gasteiger partial charge in [-0.25, -0.2) is 4.79 Å². The lowest BCUT2D eigenvalue weighted by Crippen LogP contribution is -2.51. The molecule has 1 saturated heterocycles. The lowest BCUT2D eigenvalue weighted by atomic mass is 10.00. The number of amides is 2. The number of nitrogens with one attached hydrogen (secondary N) is 1. The summed E-state index contributed by atoms with van der Waals surface area (Å²) in [4.78, 5) is 37.9. The standard InChI is InChI=1S/C25H38N2O5/c1-25(2,3)32-24(31)26-21(23(30)27-16-8-5-9-17-27)18-20-14-12-19(13-15-20)10-6-4-7-11-22(28)29/h12-15,21H,4-11,16-18H2,1-3H3,(H,26,31)(H,28,29). The van der Waals surface area contributed by atoms with Crippen LogP contribution in [0.15, 0.2) is 24.3 Å². The second-order valence-electron chi connectivity index (χ2n) is 9.56. The molecule has 2 amide bonds. The van der Waals surface area contributed by atoms with E-state index >= 15 is 0 Å². The fraction of sp³-hybridized carbons (Fsp3) is 0.640. The first kappa shape index (κ1) is 25.7. The Morgan fingerprint density at radius 2 is 1.62 bits per heavy atom. The molecule has 0 spiro atoms. The summed E-state index contributed by atoms with van der Waals surface area (Å²) in [5.41, 5.74) is 1.53. The molecule has 0 radical (unpaired) electrons. The van der Waals surface area contributed by atoms with E-state index in [1.807, 2.05) is 29.2 Å². The van der Waals surface area contributed by atoms with Gasteiger partial charge in [-0.2, -0.15) is 0 Å². The summed E-state index contributed by atoms with van der Waals surface area (Å²) in [6.07, 6.45) is 6.60. The zero-order chi connectivity index (χ0) is 23.6. The van der Waals surface area contributed by atoms with Gasteiger partial charge >= 0.3 is 12.1 Å². The number of likely N-dealkylation sites (tertiary alicyclic amines) is 1. The third-order valence-electron chi connectivity index (χ3n) is 5.48. The van der Waals surface area contributed by atoms with Gasteiger partial charge in [0.1, 0.15) is 11.6 Å². The number of benzene rings is 1. The number of carbonyl (C=O) groups excluding carboxylic acids is 2. The summed E-state index contributed by atoms with van der Waals surface area (Å²) in [5.74, 6) is -0.805. The average Bonchev–Trinajstić information content (AvgIpc) is 2.72. The molecule has 1 aromatic rings. The number of carboxylic acid groups (broad SMARTS) is 1. The van der Waals surface area contributed by atoms with E-state index in [2.05, 4.69) is 5.32 Å². The number of carboxylic acids is 1. The first-order valence-electron chi connectivity index (χ1n) is 11.7. The lowest BCUT2D eigenvalue weighted by molar-refractivity contribution is -0.137. The highest BCUT2D eigenvalue weighted by molar-refractivity contribution is 5.86. The van der Waals surface area contributed by atoms with Gasteiger partial charge in [-0.3, -0.25) is 9.59 Å². The van der Waals surface area contributed by atoms with Crippen molar-refractivity contribution in [2.75, 3.05) is 13.1 Å². The molecule has 0 saturated carbocycles. The van der Waals surface area contributed by atoms with Crippen LogP contribution in [0.4, 0.5) is 4.79 Å². The Kier molecular flexibility index (Phi) is 10.0. The zero-order valence-corrected chi connectivity index (χ0v) is 19.7. The minimum absolute atomic E-state index is 0.0573. The van der Waals surface area contributed by atoms with Gasteiger partial charge in [-0.05, 0) is 70.4 Å². The fourth-order valence-corrected chi connectivity index (χ4v) is 3.84. The molecule has 1 aromatic carbocycles. The van der Waals surface area contributed by atoms with Crippen molar-refractivity contribution in [3.05, 3.63) is 35.4 Å². The Hall–Kier alpha value is -2.57. The predicted octanol–water partition coefficient (Wildman–Crippen LogP) is 4.32. The second-order valence-corrected chi connectivity index (χ2v) is 9.56. The third kappa shape index (κ3) is 9.71.